The van der Waals surface area contributed by atoms with Gasteiger partial charge < -0.3 is 15.1 Å². The Hall–Kier alpha value is -1.13. The van der Waals surface area contributed by atoms with E-state index in [4.69, 9.17) is 5.11 Å². The van der Waals surface area contributed by atoms with Gasteiger partial charge in [0.1, 0.15) is 5.82 Å². The van der Waals surface area contributed by atoms with E-state index in [1.165, 1.54) is 12.1 Å². The number of aliphatic hydroxyl groups excluding tert-OH is 2. The van der Waals surface area contributed by atoms with Crippen LogP contribution in [0.4, 0.5) is 10.1 Å². The van der Waals surface area contributed by atoms with Gasteiger partial charge in [-0.15, -0.1) is 0 Å². The minimum absolute atomic E-state index is 0.166. The molecule has 0 radical (unpaired) electrons. The predicted molar refractivity (Wildman–Crippen MR) is 59.8 cm³/mol. The highest BCUT2D eigenvalue weighted by Crippen LogP contribution is 2.22. The van der Waals surface area contributed by atoms with Crippen LogP contribution in [0.2, 0.25) is 0 Å². The Morgan fingerprint density at radius 3 is 2.88 bits per heavy atom. The standard InChI is InChI=1S/C12H16FNO2/c13-10-4-9(8-15)5-11(6-10)14-3-1-2-12(16)7-14/h4-6,12,15-16H,1-3,7-8H2. The molecule has 0 saturated carbocycles. The zero-order chi connectivity index (χ0) is 11.5. The highest BCUT2D eigenvalue weighted by atomic mass is 19.1. The van der Waals surface area contributed by atoms with E-state index in [9.17, 15) is 9.50 Å². The number of piperidine rings is 1. The van der Waals surface area contributed by atoms with Gasteiger partial charge in [-0.25, -0.2) is 4.39 Å². The molecule has 2 N–H and O–H groups in total. The summed E-state index contributed by atoms with van der Waals surface area (Å²) in [4.78, 5) is 1.95. The number of rotatable bonds is 2. The lowest BCUT2D eigenvalue weighted by Gasteiger charge is -2.32. The van der Waals surface area contributed by atoms with Gasteiger partial charge in [-0.2, -0.15) is 0 Å². The van der Waals surface area contributed by atoms with Crippen molar-refractivity contribution in [2.45, 2.75) is 25.6 Å². The summed E-state index contributed by atoms with van der Waals surface area (Å²) >= 11 is 0. The number of halogens is 1. The number of benzene rings is 1. The number of β-amino-alcohol motifs (C(OH)–C–C–N with tert-alkyl or cyclic N) is 1. The van der Waals surface area contributed by atoms with Crippen molar-refractivity contribution in [1.29, 1.82) is 0 Å². The highest BCUT2D eigenvalue weighted by Gasteiger charge is 2.18. The first-order chi connectivity index (χ1) is 7.69. The van der Waals surface area contributed by atoms with E-state index < -0.39 is 0 Å². The van der Waals surface area contributed by atoms with Crippen molar-refractivity contribution in [3.8, 4) is 0 Å². The van der Waals surface area contributed by atoms with Crippen LogP contribution in [0.3, 0.4) is 0 Å². The van der Waals surface area contributed by atoms with E-state index in [2.05, 4.69) is 0 Å². The van der Waals surface area contributed by atoms with Crippen LogP contribution in [0, 0.1) is 5.82 Å². The molecule has 1 aromatic rings. The molecule has 1 heterocycles. The van der Waals surface area contributed by atoms with Crippen LogP contribution in [0.15, 0.2) is 18.2 Å². The van der Waals surface area contributed by atoms with Crippen molar-refractivity contribution in [3.63, 3.8) is 0 Å². The lowest BCUT2D eigenvalue weighted by atomic mass is 10.1. The van der Waals surface area contributed by atoms with E-state index in [1.54, 1.807) is 6.07 Å². The van der Waals surface area contributed by atoms with Crippen LogP contribution in [0.1, 0.15) is 18.4 Å². The molecule has 0 bridgehead atoms. The van der Waals surface area contributed by atoms with Crippen LogP contribution >= 0.6 is 0 Å². The van der Waals surface area contributed by atoms with Gasteiger partial charge in [-0.1, -0.05) is 0 Å². The van der Waals surface area contributed by atoms with Crippen molar-refractivity contribution in [2.75, 3.05) is 18.0 Å². The largest absolute Gasteiger partial charge is 0.392 e. The Labute approximate surface area is 94.1 Å². The molecule has 1 aliphatic rings. The van der Waals surface area contributed by atoms with Gasteiger partial charge >= 0.3 is 0 Å². The van der Waals surface area contributed by atoms with Gasteiger partial charge in [0.05, 0.1) is 12.7 Å². The quantitative estimate of drug-likeness (QED) is 0.797. The summed E-state index contributed by atoms with van der Waals surface area (Å²) in [6.45, 7) is 1.20. The van der Waals surface area contributed by atoms with Crippen LogP contribution in [-0.4, -0.2) is 29.4 Å². The van der Waals surface area contributed by atoms with E-state index in [-0.39, 0.29) is 18.5 Å². The lowest BCUT2D eigenvalue weighted by Crippen LogP contribution is -2.38. The summed E-state index contributed by atoms with van der Waals surface area (Å²) in [5.74, 6) is -0.346. The second-order valence-electron chi connectivity index (χ2n) is 4.22. The number of hydrogen-bond acceptors (Lipinski definition) is 3. The lowest BCUT2D eigenvalue weighted by molar-refractivity contribution is 0.154. The smallest absolute Gasteiger partial charge is 0.125 e. The zero-order valence-corrected chi connectivity index (χ0v) is 9.06. The first-order valence-electron chi connectivity index (χ1n) is 5.52. The van der Waals surface area contributed by atoms with Crippen LogP contribution < -0.4 is 4.90 Å². The molecular weight excluding hydrogens is 209 g/mol. The van der Waals surface area contributed by atoms with Gasteiger partial charge in [0.2, 0.25) is 0 Å². The third-order valence-electron chi connectivity index (χ3n) is 2.89. The molecule has 16 heavy (non-hydrogen) atoms. The van der Waals surface area contributed by atoms with Crippen molar-refractivity contribution < 1.29 is 14.6 Å². The second-order valence-corrected chi connectivity index (χ2v) is 4.22. The molecule has 1 fully saturated rings. The first-order valence-corrected chi connectivity index (χ1v) is 5.52. The molecule has 0 amide bonds. The van der Waals surface area contributed by atoms with Gasteiger partial charge in [-0.3, -0.25) is 0 Å². The van der Waals surface area contributed by atoms with Crippen molar-refractivity contribution in [2.24, 2.45) is 0 Å². The van der Waals surface area contributed by atoms with Crippen LogP contribution in [0.25, 0.3) is 0 Å². The Morgan fingerprint density at radius 2 is 2.19 bits per heavy atom. The molecule has 1 saturated heterocycles. The van der Waals surface area contributed by atoms with Gasteiger partial charge in [0.15, 0.2) is 0 Å². The minimum atomic E-state index is -0.346. The fourth-order valence-electron chi connectivity index (χ4n) is 2.10. The number of aliphatic hydroxyl groups is 2. The average molecular weight is 225 g/mol. The molecule has 1 unspecified atom stereocenters. The fraction of sp³-hybridized carbons (Fsp3) is 0.500. The summed E-state index contributed by atoms with van der Waals surface area (Å²) in [5.41, 5.74) is 1.30. The fourth-order valence-corrected chi connectivity index (χ4v) is 2.10. The molecule has 1 atom stereocenters. The van der Waals surface area contributed by atoms with E-state index in [0.717, 1.165) is 25.1 Å². The van der Waals surface area contributed by atoms with Gasteiger partial charge in [0, 0.05) is 18.8 Å². The maximum absolute atomic E-state index is 13.3. The van der Waals surface area contributed by atoms with E-state index in [1.807, 2.05) is 4.90 Å². The van der Waals surface area contributed by atoms with E-state index in [0.29, 0.717) is 12.1 Å². The Kier molecular flexibility index (Phi) is 3.41. The molecule has 1 aliphatic heterocycles. The summed E-state index contributed by atoms with van der Waals surface area (Å²) in [6, 6.07) is 4.53. The molecule has 3 nitrogen and oxygen atoms in total. The number of nitrogens with zero attached hydrogens (tertiary/aromatic N) is 1. The van der Waals surface area contributed by atoms with Crippen LogP contribution in [0.5, 0.6) is 0 Å². The molecule has 88 valence electrons. The maximum atomic E-state index is 13.3. The second kappa shape index (κ2) is 4.80. The molecular formula is C12H16FNO2. The third-order valence-corrected chi connectivity index (χ3v) is 2.89. The number of anilines is 1. The molecule has 0 spiro atoms. The third kappa shape index (κ3) is 2.51. The summed E-state index contributed by atoms with van der Waals surface area (Å²) < 4.78 is 13.3. The van der Waals surface area contributed by atoms with Gasteiger partial charge in [0.25, 0.3) is 0 Å². The molecule has 1 aromatic carbocycles. The number of hydrogen-bond donors (Lipinski definition) is 2. The molecule has 0 aromatic heterocycles. The molecule has 4 heteroatoms. The van der Waals surface area contributed by atoms with Crippen molar-refractivity contribution in [3.05, 3.63) is 29.6 Å². The normalized spacial score (nSPS) is 21.2. The average Bonchev–Trinajstić information content (AvgIpc) is 2.28. The molecule has 2 rings (SSSR count). The predicted octanol–water partition coefficient (Wildman–Crippen LogP) is 1.28. The van der Waals surface area contributed by atoms with Crippen LogP contribution in [-0.2, 0) is 6.61 Å². The van der Waals surface area contributed by atoms with Crippen molar-refractivity contribution >= 4 is 5.69 Å². The molecule has 0 aliphatic carbocycles. The monoisotopic (exact) mass is 225 g/mol. The summed E-state index contributed by atoms with van der Waals surface area (Å²) in [7, 11) is 0. The van der Waals surface area contributed by atoms with Gasteiger partial charge in [-0.05, 0) is 36.6 Å². The highest BCUT2D eigenvalue weighted by molar-refractivity contribution is 5.49. The van der Waals surface area contributed by atoms with Crippen molar-refractivity contribution in [1.82, 2.24) is 0 Å². The Bertz CT molecular complexity index is 370. The topological polar surface area (TPSA) is 43.7 Å². The maximum Gasteiger partial charge on any atom is 0.125 e. The Morgan fingerprint density at radius 1 is 1.38 bits per heavy atom. The SMILES string of the molecule is OCc1cc(F)cc(N2CCCC(O)C2)c1. The van der Waals surface area contributed by atoms with E-state index >= 15 is 0 Å². The Balaban J connectivity index is 2.21. The summed E-state index contributed by atoms with van der Waals surface area (Å²) in [5, 5.41) is 18.6. The zero-order valence-electron chi connectivity index (χ0n) is 9.06. The minimum Gasteiger partial charge on any atom is -0.392 e. The first kappa shape index (κ1) is 11.4. The summed E-state index contributed by atoms with van der Waals surface area (Å²) in [6.07, 6.45) is 1.37.